The van der Waals surface area contributed by atoms with Crippen LogP contribution in [0.25, 0.3) is 0 Å². The van der Waals surface area contributed by atoms with Crippen molar-refractivity contribution in [1.82, 2.24) is 16.0 Å². The minimum Gasteiger partial charge on any atom is -0.480 e. The molecule has 1 aromatic rings. The van der Waals surface area contributed by atoms with E-state index >= 15 is 0 Å². The van der Waals surface area contributed by atoms with Gasteiger partial charge in [0.2, 0.25) is 23.6 Å². The van der Waals surface area contributed by atoms with Crippen LogP contribution in [0.2, 0.25) is 0 Å². The first-order valence-corrected chi connectivity index (χ1v) is 11.2. The number of carbonyl (C=O) groups excluding carboxylic acids is 4. The quantitative estimate of drug-likeness (QED) is 0.160. The molecule has 5 unspecified atom stereocenters. The third-order valence-electron chi connectivity index (χ3n) is 5.06. The molecule has 1 rings (SSSR count). The fourth-order valence-electron chi connectivity index (χ4n) is 3.27. The zero-order valence-corrected chi connectivity index (χ0v) is 20.1. The third kappa shape index (κ3) is 10.5. The highest BCUT2D eigenvalue weighted by molar-refractivity contribution is 5.95. The summed E-state index contributed by atoms with van der Waals surface area (Å²) in [6, 6.07) is 3.36. The maximum Gasteiger partial charge on any atom is 0.326 e. The smallest absolute Gasteiger partial charge is 0.326 e. The van der Waals surface area contributed by atoms with Gasteiger partial charge in [0.1, 0.15) is 18.1 Å². The SMILES string of the molecule is CC(C)CC(N)C(=O)NC(C(=O)NC(Cc1ccccc1)C(=O)NC(CC(N)=O)C(=O)O)C(C)O. The Morgan fingerprint density at radius 2 is 1.46 bits per heavy atom. The minimum absolute atomic E-state index is 0.0331. The second-order valence-corrected chi connectivity index (χ2v) is 8.78. The molecule has 12 nitrogen and oxygen atoms in total. The van der Waals surface area contributed by atoms with Crippen molar-refractivity contribution in [3.63, 3.8) is 0 Å². The molecule has 5 atom stereocenters. The number of carboxylic acids is 1. The van der Waals surface area contributed by atoms with Gasteiger partial charge in [-0.05, 0) is 24.8 Å². The molecule has 35 heavy (non-hydrogen) atoms. The number of rotatable bonds is 14. The molecule has 0 saturated carbocycles. The first-order valence-electron chi connectivity index (χ1n) is 11.2. The van der Waals surface area contributed by atoms with Crippen LogP contribution < -0.4 is 27.4 Å². The monoisotopic (exact) mass is 493 g/mol. The van der Waals surface area contributed by atoms with Crippen LogP contribution in [0.4, 0.5) is 0 Å². The Kier molecular flexibility index (Phi) is 11.8. The highest BCUT2D eigenvalue weighted by Crippen LogP contribution is 2.07. The molecule has 0 fully saturated rings. The van der Waals surface area contributed by atoms with Gasteiger partial charge < -0.3 is 37.6 Å². The number of aliphatic hydroxyl groups excluding tert-OH is 1. The van der Waals surface area contributed by atoms with E-state index in [-0.39, 0.29) is 12.3 Å². The van der Waals surface area contributed by atoms with Crippen molar-refractivity contribution in [3.05, 3.63) is 35.9 Å². The van der Waals surface area contributed by atoms with E-state index in [0.29, 0.717) is 12.0 Å². The lowest BCUT2D eigenvalue weighted by Crippen LogP contribution is -2.60. The topological polar surface area (TPSA) is 214 Å². The Hall–Kier alpha value is -3.51. The summed E-state index contributed by atoms with van der Waals surface area (Å²) in [5.74, 6) is -4.69. The molecule has 0 aliphatic carbocycles. The van der Waals surface area contributed by atoms with Crippen LogP contribution >= 0.6 is 0 Å². The summed E-state index contributed by atoms with van der Waals surface area (Å²) < 4.78 is 0. The van der Waals surface area contributed by atoms with Gasteiger partial charge in [0, 0.05) is 6.42 Å². The number of carboxylic acid groups (broad SMARTS) is 1. The second-order valence-electron chi connectivity index (χ2n) is 8.78. The Balaban J connectivity index is 3.09. The predicted molar refractivity (Wildman–Crippen MR) is 126 cm³/mol. The van der Waals surface area contributed by atoms with Crippen LogP contribution in [0, 0.1) is 5.92 Å². The molecule has 0 saturated heterocycles. The molecule has 0 aromatic heterocycles. The van der Waals surface area contributed by atoms with Crippen molar-refractivity contribution in [3.8, 4) is 0 Å². The molecule has 0 spiro atoms. The van der Waals surface area contributed by atoms with Crippen molar-refractivity contribution in [2.24, 2.45) is 17.4 Å². The molecule has 194 valence electrons. The van der Waals surface area contributed by atoms with Crippen molar-refractivity contribution >= 4 is 29.6 Å². The van der Waals surface area contributed by atoms with Crippen molar-refractivity contribution in [2.75, 3.05) is 0 Å². The lowest BCUT2D eigenvalue weighted by molar-refractivity contribution is -0.143. The van der Waals surface area contributed by atoms with Gasteiger partial charge in [-0.3, -0.25) is 19.2 Å². The molecule has 12 heteroatoms. The van der Waals surface area contributed by atoms with E-state index in [2.05, 4.69) is 16.0 Å². The average molecular weight is 494 g/mol. The maximum atomic E-state index is 13.0. The van der Waals surface area contributed by atoms with E-state index < -0.39 is 66.3 Å². The third-order valence-corrected chi connectivity index (χ3v) is 5.06. The van der Waals surface area contributed by atoms with Gasteiger partial charge in [0.15, 0.2) is 0 Å². The normalized spacial score (nSPS) is 15.3. The van der Waals surface area contributed by atoms with Crippen molar-refractivity contribution in [1.29, 1.82) is 0 Å². The van der Waals surface area contributed by atoms with E-state index in [9.17, 15) is 34.2 Å². The van der Waals surface area contributed by atoms with Gasteiger partial charge in [0.05, 0.1) is 18.6 Å². The number of nitrogens with one attached hydrogen (secondary N) is 3. The second kappa shape index (κ2) is 14.0. The van der Waals surface area contributed by atoms with E-state index in [1.54, 1.807) is 30.3 Å². The first kappa shape index (κ1) is 29.5. The standard InChI is InChI=1S/C23H35N5O7/c1-12(2)9-15(24)20(31)28-19(13(3)29)22(33)26-16(10-14-7-5-4-6-8-14)21(32)27-17(23(34)35)11-18(25)30/h4-8,12-13,15-17,19,29H,9-11,24H2,1-3H3,(H2,25,30)(H,26,33)(H,27,32)(H,28,31)(H,34,35). The Morgan fingerprint density at radius 3 is 1.94 bits per heavy atom. The van der Waals surface area contributed by atoms with E-state index in [0.717, 1.165) is 0 Å². The van der Waals surface area contributed by atoms with Crippen molar-refractivity contribution in [2.45, 2.75) is 70.3 Å². The number of carbonyl (C=O) groups is 5. The summed E-state index contributed by atoms with van der Waals surface area (Å²) in [6.45, 7) is 5.04. The van der Waals surface area contributed by atoms with Gasteiger partial charge in [0.25, 0.3) is 0 Å². The fraction of sp³-hybridized carbons (Fsp3) is 0.522. The van der Waals surface area contributed by atoms with Gasteiger partial charge in [-0.15, -0.1) is 0 Å². The Bertz CT molecular complexity index is 892. The molecule has 9 N–H and O–H groups in total. The van der Waals surface area contributed by atoms with Crippen LogP contribution in [-0.2, 0) is 30.4 Å². The number of nitrogens with two attached hydrogens (primary N) is 2. The summed E-state index contributed by atoms with van der Waals surface area (Å²) in [6.07, 6.45) is -1.65. The van der Waals surface area contributed by atoms with Gasteiger partial charge >= 0.3 is 5.97 Å². The number of amides is 4. The lowest BCUT2D eigenvalue weighted by atomic mass is 10.0. The maximum absolute atomic E-state index is 13.0. The van der Waals surface area contributed by atoms with Crippen LogP contribution in [0.1, 0.15) is 39.2 Å². The van der Waals surface area contributed by atoms with Crippen molar-refractivity contribution < 1.29 is 34.2 Å². The number of benzene rings is 1. The molecular formula is C23H35N5O7. The largest absolute Gasteiger partial charge is 0.480 e. The summed E-state index contributed by atoms with van der Waals surface area (Å²) in [4.78, 5) is 60.9. The highest BCUT2D eigenvalue weighted by Gasteiger charge is 2.33. The average Bonchev–Trinajstić information content (AvgIpc) is 2.75. The molecule has 0 bridgehead atoms. The number of aliphatic carboxylic acids is 1. The lowest BCUT2D eigenvalue weighted by Gasteiger charge is -2.26. The Labute approximate surface area is 203 Å². The molecule has 1 aromatic carbocycles. The molecule has 0 heterocycles. The van der Waals surface area contributed by atoms with Gasteiger partial charge in [-0.1, -0.05) is 44.2 Å². The zero-order chi connectivity index (χ0) is 26.7. The van der Waals surface area contributed by atoms with Gasteiger partial charge in [-0.25, -0.2) is 4.79 Å². The van der Waals surface area contributed by atoms with E-state index in [4.69, 9.17) is 11.5 Å². The number of aliphatic hydroxyl groups is 1. The van der Waals surface area contributed by atoms with Gasteiger partial charge in [-0.2, -0.15) is 0 Å². The molecular weight excluding hydrogens is 458 g/mol. The first-order chi connectivity index (χ1) is 16.3. The molecule has 0 aliphatic rings. The number of primary amides is 1. The van der Waals surface area contributed by atoms with Crippen LogP contribution in [0.15, 0.2) is 30.3 Å². The fourth-order valence-corrected chi connectivity index (χ4v) is 3.27. The zero-order valence-electron chi connectivity index (χ0n) is 20.1. The molecule has 0 aliphatic heterocycles. The highest BCUT2D eigenvalue weighted by atomic mass is 16.4. The minimum atomic E-state index is -1.60. The predicted octanol–water partition coefficient (Wildman–Crippen LogP) is -1.60. The number of hydrogen-bond acceptors (Lipinski definition) is 7. The van der Waals surface area contributed by atoms with Crippen LogP contribution in [0.5, 0.6) is 0 Å². The van der Waals surface area contributed by atoms with E-state index in [1.807, 2.05) is 13.8 Å². The molecule has 4 amide bonds. The summed E-state index contributed by atoms with van der Waals surface area (Å²) >= 11 is 0. The summed E-state index contributed by atoms with van der Waals surface area (Å²) in [5.41, 5.74) is 11.6. The van der Waals surface area contributed by atoms with E-state index in [1.165, 1.54) is 6.92 Å². The van der Waals surface area contributed by atoms with Crippen LogP contribution in [-0.4, -0.2) is 70.1 Å². The summed E-state index contributed by atoms with van der Waals surface area (Å²) in [5, 5.41) is 26.5. The summed E-state index contributed by atoms with van der Waals surface area (Å²) in [7, 11) is 0. The van der Waals surface area contributed by atoms with Crippen LogP contribution in [0.3, 0.4) is 0 Å². The number of hydrogen-bond donors (Lipinski definition) is 7. The molecule has 0 radical (unpaired) electrons. The Morgan fingerprint density at radius 1 is 0.886 bits per heavy atom.